The molecule has 4 heterocycles. The molecule has 0 N–H and O–H groups in total. The summed E-state index contributed by atoms with van der Waals surface area (Å²) in [7, 11) is 0. The normalized spacial score (nSPS) is 12.1. The van der Waals surface area contributed by atoms with Crippen LogP contribution in [0.5, 0.6) is 23.0 Å². The molecule has 0 amide bonds. The number of para-hydroxylation sites is 1. The van der Waals surface area contributed by atoms with Crippen LogP contribution in [0.15, 0.2) is 122 Å². The van der Waals surface area contributed by atoms with Gasteiger partial charge in [-0.3, -0.25) is 0 Å². The Labute approximate surface area is 279 Å². The zero-order chi connectivity index (χ0) is 30.1. The number of rotatable bonds is 3. The first-order valence-electron chi connectivity index (χ1n) is 14.9. The molecule has 0 atom stereocenters. The van der Waals surface area contributed by atoms with Crippen LogP contribution in [0.2, 0.25) is 0 Å². The van der Waals surface area contributed by atoms with Crippen LogP contribution in [0.3, 0.4) is 0 Å². The summed E-state index contributed by atoms with van der Waals surface area (Å²) in [5.74, 6) is 3.42. The standard InChI is InChI=1S/C28H23BNO2.C11H8N.Ir/c1-28(2,3)17-18-14-15-30-22(16-18)19-8-6-10-21-27(19)32-25-13-7-12-24-26(25)29(21)20-9-4-5-11-23(20)31-24;1-2-6-10(7-3-1)11-8-4-5-9-12-11;/h4-7,9-16H,17H2,1-3H3;1-6,8-9H;/q2*-1;. The molecular formula is C39H31BIrN2O2-2. The molecule has 6 aromatic rings. The second-order valence-corrected chi connectivity index (χ2v) is 12.3. The summed E-state index contributed by atoms with van der Waals surface area (Å²) in [5, 5.41) is 0. The smallest absolute Gasteiger partial charge is 0.241 e. The van der Waals surface area contributed by atoms with Gasteiger partial charge in [-0.05, 0) is 59.0 Å². The van der Waals surface area contributed by atoms with Crippen LogP contribution in [0, 0.1) is 17.5 Å². The Balaban J connectivity index is 0.000000231. The molecular weight excluding hydrogens is 731 g/mol. The van der Waals surface area contributed by atoms with Gasteiger partial charge in [0.2, 0.25) is 6.71 Å². The van der Waals surface area contributed by atoms with Gasteiger partial charge in [0, 0.05) is 43.7 Å². The average molecular weight is 763 g/mol. The van der Waals surface area contributed by atoms with Gasteiger partial charge in [-0.25, -0.2) is 0 Å². The molecule has 0 aliphatic carbocycles. The number of benzene rings is 4. The summed E-state index contributed by atoms with van der Waals surface area (Å²) in [6, 6.07) is 42.9. The summed E-state index contributed by atoms with van der Waals surface area (Å²) in [4.78, 5) is 8.91. The van der Waals surface area contributed by atoms with E-state index in [1.807, 2.05) is 85.1 Å². The van der Waals surface area contributed by atoms with Crippen molar-refractivity contribution in [3.05, 3.63) is 139 Å². The third kappa shape index (κ3) is 6.35. The summed E-state index contributed by atoms with van der Waals surface area (Å²) in [6.45, 7) is 6.82. The number of hydrogen-bond acceptors (Lipinski definition) is 4. The van der Waals surface area contributed by atoms with Crippen molar-refractivity contribution in [2.45, 2.75) is 27.2 Å². The Morgan fingerprint density at radius 1 is 0.667 bits per heavy atom. The predicted molar refractivity (Wildman–Crippen MR) is 178 cm³/mol. The first-order valence-corrected chi connectivity index (χ1v) is 14.9. The fourth-order valence-electron chi connectivity index (χ4n) is 5.94. The molecule has 0 spiro atoms. The van der Waals surface area contributed by atoms with Crippen LogP contribution in [-0.2, 0) is 26.5 Å². The van der Waals surface area contributed by atoms with E-state index in [-0.39, 0.29) is 32.2 Å². The van der Waals surface area contributed by atoms with E-state index >= 15 is 0 Å². The van der Waals surface area contributed by atoms with Crippen LogP contribution < -0.4 is 25.9 Å². The number of ether oxygens (including phenoxy) is 2. The minimum absolute atomic E-state index is 0. The molecule has 4 aromatic carbocycles. The molecule has 45 heavy (non-hydrogen) atoms. The van der Waals surface area contributed by atoms with Gasteiger partial charge in [0.05, 0.1) is 0 Å². The van der Waals surface area contributed by atoms with Gasteiger partial charge in [0.1, 0.15) is 17.2 Å². The van der Waals surface area contributed by atoms with E-state index in [1.165, 1.54) is 5.56 Å². The molecule has 0 fully saturated rings. The maximum absolute atomic E-state index is 6.51. The minimum Gasteiger partial charge on any atom is -0.503 e. The van der Waals surface area contributed by atoms with Crippen molar-refractivity contribution in [1.29, 1.82) is 0 Å². The molecule has 2 aliphatic rings. The zero-order valence-corrected chi connectivity index (χ0v) is 27.8. The Bertz CT molecular complexity index is 1900. The van der Waals surface area contributed by atoms with Gasteiger partial charge in [0.15, 0.2) is 0 Å². The molecule has 0 saturated heterocycles. The van der Waals surface area contributed by atoms with Gasteiger partial charge in [-0.2, -0.15) is 0 Å². The van der Waals surface area contributed by atoms with Crippen LogP contribution in [0.1, 0.15) is 26.3 Å². The fourth-order valence-corrected chi connectivity index (χ4v) is 5.94. The van der Waals surface area contributed by atoms with E-state index < -0.39 is 0 Å². The molecule has 4 nitrogen and oxygen atoms in total. The van der Waals surface area contributed by atoms with Crippen molar-refractivity contribution in [3.63, 3.8) is 0 Å². The van der Waals surface area contributed by atoms with Gasteiger partial charge >= 0.3 is 0 Å². The van der Waals surface area contributed by atoms with Gasteiger partial charge in [0.25, 0.3) is 0 Å². The fraction of sp³-hybridized carbons (Fsp3) is 0.128. The van der Waals surface area contributed by atoms with Crippen LogP contribution in [0.4, 0.5) is 0 Å². The van der Waals surface area contributed by atoms with Crippen LogP contribution >= 0.6 is 0 Å². The molecule has 6 heteroatoms. The monoisotopic (exact) mass is 763 g/mol. The Morgan fingerprint density at radius 2 is 1.42 bits per heavy atom. The number of fused-ring (bicyclic) bond motifs is 4. The van der Waals surface area contributed by atoms with Gasteiger partial charge in [-0.15, -0.1) is 59.6 Å². The molecule has 0 bridgehead atoms. The average Bonchev–Trinajstić information content (AvgIpc) is 3.05. The third-order valence-corrected chi connectivity index (χ3v) is 7.73. The van der Waals surface area contributed by atoms with Crippen molar-refractivity contribution in [1.82, 2.24) is 9.97 Å². The van der Waals surface area contributed by atoms with E-state index in [4.69, 9.17) is 14.5 Å². The number of aromatic nitrogens is 2. The molecule has 2 aromatic heterocycles. The zero-order valence-electron chi connectivity index (χ0n) is 25.4. The third-order valence-electron chi connectivity index (χ3n) is 7.73. The largest absolute Gasteiger partial charge is 0.503 e. The van der Waals surface area contributed by atoms with Crippen molar-refractivity contribution < 1.29 is 29.6 Å². The van der Waals surface area contributed by atoms with Crippen molar-refractivity contribution in [2.75, 3.05) is 0 Å². The Kier molecular flexibility index (Phi) is 8.71. The van der Waals surface area contributed by atoms with E-state index in [1.54, 1.807) is 6.20 Å². The Hall–Kier alpha value is -4.51. The Morgan fingerprint density at radius 3 is 2.20 bits per heavy atom. The maximum Gasteiger partial charge on any atom is 0.241 e. The predicted octanol–water partition coefficient (Wildman–Crippen LogP) is 7.41. The maximum atomic E-state index is 6.51. The summed E-state index contributed by atoms with van der Waals surface area (Å²) in [5.41, 5.74) is 8.64. The van der Waals surface area contributed by atoms with Crippen molar-refractivity contribution in [3.8, 4) is 45.5 Å². The summed E-state index contributed by atoms with van der Waals surface area (Å²) >= 11 is 0. The number of hydrogen-bond donors (Lipinski definition) is 0. The molecule has 0 saturated carbocycles. The van der Waals surface area contributed by atoms with E-state index in [0.29, 0.717) is 0 Å². The second-order valence-electron chi connectivity index (χ2n) is 12.3. The number of pyridine rings is 2. The topological polar surface area (TPSA) is 44.2 Å². The molecule has 8 rings (SSSR count). The van der Waals surface area contributed by atoms with E-state index in [2.05, 4.69) is 68.2 Å². The molecule has 2 aliphatic heterocycles. The second kappa shape index (κ2) is 12.8. The first-order chi connectivity index (χ1) is 21.4. The van der Waals surface area contributed by atoms with Crippen LogP contribution in [-0.4, -0.2) is 16.7 Å². The first kappa shape index (κ1) is 30.5. The SMILES string of the molecule is CC(C)(C)Cc1ccnc(-c2[c-]ccc3c2Oc2cccc4c2B3c2ccccc2O4)c1.[Ir].[c-]1ccccc1-c1ccccn1. The van der Waals surface area contributed by atoms with E-state index in [9.17, 15) is 0 Å². The quantitative estimate of drug-likeness (QED) is 0.139. The summed E-state index contributed by atoms with van der Waals surface area (Å²) < 4.78 is 12.7. The van der Waals surface area contributed by atoms with Crippen molar-refractivity contribution in [2.24, 2.45) is 5.41 Å². The molecule has 223 valence electrons. The number of nitrogens with zero attached hydrogens (tertiary/aromatic N) is 2. The molecule has 0 unspecified atom stereocenters. The van der Waals surface area contributed by atoms with Gasteiger partial charge in [-0.1, -0.05) is 74.4 Å². The van der Waals surface area contributed by atoms with Gasteiger partial charge < -0.3 is 19.4 Å². The molecule has 1 radical (unpaired) electrons. The van der Waals surface area contributed by atoms with E-state index in [0.717, 1.165) is 68.3 Å². The van der Waals surface area contributed by atoms with Crippen LogP contribution in [0.25, 0.3) is 22.5 Å². The summed E-state index contributed by atoms with van der Waals surface area (Å²) in [6.07, 6.45) is 4.66. The van der Waals surface area contributed by atoms with Crippen molar-refractivity contribution >= 4 is 23.1 Å². The minimum atomic E-state index is 0.